The summed E-state index contributed by atoms with van der Waals surface area (Å²) in [6.07, 6.45) is 6.57. The molecule has 5 rings (SSSR count). The largest absolute Gasteiger partial charge is 0.249 e. The van der Waals surface area contributed by atoms with Crippen molar-refractivity contribution in [2.45, 2.75) is 27.3 Å². The lowest BCUT2D eigenvalue weighted by Gasteiger charge is -2.21. The molecule has 0 aliphatic heterocycles. The summed E-state index contributed by atoms with van der Waals surface area (Å²) >= 11 is 0. The lowest BCUT2D eigenvalue weighted by molar-refractivity contribution is -0.687. The molecule has 0 N–H and O–H groups in total. The van der Waals surface area contributed by atoms with E-state index in [0.29, 0.717) is 0 Å². The van der Waals surface area contributed by atoms with E-state index in [9.17, 15) is 0 Å². The molecule has 0 radical (unpaired) electrons. The Morgan fingerprint density at radius 2 is 1.26 bits per heavy atom. The van der Waals surface area contributed by atoms with E-state index >= 15 is 0 Å². The zero-order valence-electron chi connectivity index (χ0n) is 20.0. The second-order valence-corrected chi connectivity index (χ2v) is 11.1. The third-order valence-electron chi connectivity index (χ3n) is 6.20. The van der Waals surface area contributed by atoms with Crippen LogP contribution >= 0.6 is 7.92 Å². The number of benzene rings is 4. The molecule has 1 aromatic heterocycles. The Kier molecular flexibility index (Phi) is 6.43. The van der Waals surface area contributed by atoms with E-state index in [0.717, 1.165) is 6.54 Å². The van der Waals surface area contributed by atoms with Gasteiger partial charge in [0.15, 0.2) is 0 Å². The smallest absolute Gasteiger partial charge is 0.232 e. The van der Waals surface area contributed by atoms with Crippen molar-refractivity contribution in [1.82, 2.24) is 4.57 Å². The minimum atomic E-state index is -0.634. The van der Waals surface area contributed by atoms with Crippen molar-refractivity contribution in [3.63, 3.8) is 0 Å². The number of nitrogens with zero attached hydrogens (tertiary/aromatic N) is 2. The predicted octanol–water partition coefficient (Wildman–Crippen LogP) is 5.50. The average molecular weight is 462 g/mol. The van der Waals surface area contributed by atoms with Crippen molar-refractivity contribution < 1.29 is 4.57 Å². The van der Waals surface area contributed by atoms with Gasteiger partial charge < -0.3 is 0 Å². The number of hydrogen-bond donors (Lipinski definition) is 0. The van der Waals surface area contributed by atoms with Gasteiger partial charge in [-0.2, -0.15) is 0 Å². The van der Waals surface area contributed by atoms with Gasteiger partial charge in [0, 0.05) is 5.56 Å². The zero-order valence-corrected chi connectivity index (χ0v) is 20.9. The lowest BCUT2D eigenvalue weighted by Crippen LogP contribution is -2.35. The summed E-state index contributed by atoms with van der Waals surface area (Å²) in [5, 5.41) is 4.17. The molecule has 0 spiro atoms. The third-order valence-corrected chi connectivity index (χ3v) is 8.75. The Morgan fingerprint density at radius 3 is 1.88 bits per heavy atom. The van der Waals surface area contributed by atoms with Crippen LogP contribution in [0.3, 0.4) is 0 Å². The van der Waals surface area contributed by atoms with Crippen LogP contribution in [0.4, 0.5) is 0 Å². The molecule has 0 saturated heterocycles. The molecule has 0 bridgehead atoms. The van der Waals surface area contributed by atoms with Gasteiger partial charge in [0.1, 0.15) is 24.6 Å². The minimum absolute atomic E-state index is 0.634. The molecule has 4 aromatic carbocycles. The van der Waals surface area contributed by atoms with E-state index in [1.165, 1.54) is 43.9 Å². The SMILES string of the molecule is Cc1cc(C)c(-n2cc[n+](Cc3ccccc3P(c3ccccc3)c3ccccc3)c2)c(C)c1. The topological polar surface area (TPSA) is 8.81 Å². The minimum Gasteiger partial charge on any atom is -0.232 e. The van der Waals surface area contributed by atoms with Gasteiger partial charge in [0.2, 0.25) is 6.33 Å². The second-order valence-electron chi connectivity index (χ2n) is 8.88. The Morgan fingerprint density at radius 1 is 0.706 bits per heavy atom. The van der Waals surface area contributed by atoms with Crippen LogP contribution in [0.2, 0.25) is 0 Å². The summed E-state index contributed by atoms with van der Waals surface area (Å²) in [6.45, 7) is 7.39. The van der Waals surface area contributed by atoms with Crippen LogP contribution in [0, 0.1) is 20.8 Å². The highest BCUT2D eigenvalue weighted by Crippen LogP contribution is 2.34. The number of rotatable bonds is 6. The first-order valence-electron chi connectivity index (χ1n) is 11.7. The molecule has 34 heavy (non-hydrogen) atoms. The van der Waals surface area contributed by atoms with Gasteiger partial charge >= 0.3 is 0 Å². The van der Waals surface area contributed by atoms with Crippen molar-refractivity contribution in [3.05, 3.63) is 138 Å². The van der Waals surface area contributed by atoms with Crippen molar-refractivity contribution >= 4 is 23.8 Å². The number of aryl methyl sites for hydroxylation is 3. The van der Waals surface area contributed by atoms with Crippen molar-refractivity contribution in [3.8, 4) is 5.69 Å². The van der Waals surface area contributed by atoms with E-state index in [2.05, 4.69) is 146 Å². The Bertz CT molecular complexity index is 1340. The van der Waals surface area contributed by atoms with Crippen LogP contribution in [0.15, 0.2) is 116 Å². The normalized spacial score (nSPS) is 11.2. The van der Waals surface area contributed by atoms with Crippen LogP contribution < -0.4 is 20.5 Å². The summed E-state index contributed by atoms with van der Waals surface area (Å²) < 4.78 is 4.55. The fourth-order valence-corrected chi connectivity index (χ4v) is 7.30. The highest BCUT2D eigenvalue weighted by Gasteiger charge is 2.21. The molecule has 0 atom stereocenters. The second kappa shape index (κ2) is 9.79. The first kappa shape index (κ1) is 22.3. The van der Waals surface area contributed by atoms with Gasteiger partial charge in [-0.05, 0) is 55.7 Å². The highest BCUT2D eigenvalue weighted by molar-refractivity contribution is 7.79. The standard InChI is InChI=1S/C31H30N2P/c1-24-20-25(2)31(26(3)21-24)33-19-18-32(23-33)22-27-12-10-11-17-30(27)34(28-13-6-4-7-14-28)29-15-8-5-9-16-29/h4-21,23H,22H2,1-3H3/q+1. The van der Waals surface area contributed by atoms with Crippen molar-refractivity contribution in [2.75, 3.05) is 0 Å². The average Bonchev–Trinajstić information content (AvgIpc) is 3.29. The molecule has 0 aliphatic carbocycles. The molecular weight excluding hydrogens is 431 g/mol. The van der Waals surface area contributed by atoms with Gasteiger partial charge in [0.05, 0.1) is 0 Å². The summed E-state index contributed by atoms with van der Waals surface area (Å²) in [6, 6.07) is 35.3. The number of imidazole rings is 1. The molecule has 3 heteroatoms. The molecule has 1 heterocycles. The van der Waals surface area contributed by atoms with Crippen molar-refractivity contribution in [1.29, 1.82) is 0 Å². The summed E-state index contributed by atoms with van der Waals surface area (Å²) in [5.41, 5.74) is 6.55. The van der Waals surface area contributed by atoms with Crippen LogP contribution in [0.5, 0.6) is 0 Å². The Labute approximate surface area is 203 Å². The van der Waals surface area contributed by atoms with Crippen LogP contribution in [0.1, 0.15) is 22.3 Å². The number of hydrogen-bond acceptors (Lipinski definition) is 0. The maximum absolute atomic E-state index is 2.31. The van der Waals surface area contributed by atoms with E-state index in [4.69, 9.17) is 0 Å². The van der Waals surface area contributed by atoms with E-state index < -0.39 is 7.92 Å². The lowest BCUT2D eigenvalue weighted by atomic mass is 10.1. The van der Waals surface area contributed by atoms with E-state index in [1.807, 2.05) is 0 Å². The number of aromatic nitrogens is 2. The van der Waals surface area contributed by atoms with Gasteiger partial charge in [-0.1, -0.05) is 103 Å². The van der Waals surface area contributed by atoms with Crippen LogP contribution in [0.25, 0.3) is 5.69 Å². The maximum atomic E-state index is 2.31. The zero-order chi connectivity index (χ0) is 23.5. The Hall–Kier alpha value is -3.48. The van der Waals surface area contributed by atoms with Gasteiger partial charge in [0.25, 0.3) is 0 Å². The quantitative estimate of drug-likeness (QED) is 0.233. The Balaban J connectivity index is 1.53. The molecule has 2 nitrogen and oxygen atoms in total. The van der Waals surface area contributed by atoms with E-state index in [-0.39, 0.29) is 0 Å². The first-order chi connectivity index (χ1) is 16.6. The van der Waals surface area contributed by atoms with E-state index in [1.54, 1.807) is 0 Å². The highest BCUT2D eigenvalue weighted by atomic mass is 31.1. The van der Waals surface area contributed by atoms with Crippen LogP contribution in [-0.4, -0.2) is 4.57 Å². The molecular formula is C31H30N2P+. The molecule has 0 unspecified atom stereocenters. The third kappa shape index (κ3) is 4.60. The van der Waals surface area contributed by atoms with Gasteiger partial charge in [-0.25, -0.2) is 9.13 Å². The molecule has 0 amide bonds. The monoisotopic (exact) mass is 461 g/mol. The molecule has 5 aromatic rings. The predicted molar refractivity (Wildman–Crippen MR) is 144 cm³/mol. The summed E-state index contributed by atoms with van der Waals surface area (Å²) in [5.74, 6) is 0. The van der Waals surface area contributed by atoms with Gasteiger partial charge in [-0.15, -0.1) is 0 Å². The summed E-state index contributed by atoms with van der Waals surface area (Å²) in [4.78, 5) is 0. The van der Waals surface area contributed by atoms with Crippen LogP contribution in [-0.2, 0) is 6.54 Å². The molecule has 0 aliphatic rings. The van der Waals surface area contributed by atoms with Crippen molar-refractivity contribution in [2.24, 2.45) is 0 Å². The molecule has 0 fully saturated rings. The first-order valence-corrected chi connectivity index (χ1v) is 13.1. The molecule has 0 saturated carbocycles. The fourth-order valence-electron chi connectivity index (χ4n) is 4.84. The molecule has 168 valence electrons. The fraction of sp³-hybridized carbons (Fsp3) is 0.129. The van der Waals surface area contributed by atoms with Gasteiger partial charge in [-0.3, -0.25) is 0 Å². The summed E-state index contributed by atoms with van der Waals surface area (Å²) in [7, 11) is -0.634. The maximum Gasteiger partial charge on any atom is 0.249 e.